The van der Waals surface area contributed by atoms with Gasteiger partial charge in [-0.3, -0.25) is 4.79 Å². The third kappa shape index (κ3) is 3.53. The lowest BCUT2D eigenvalue weighted by atomic mass is 10.0. The number of benzene rings is 1. The second kappa shape index (κ2) is 7.40. The molecule has 0 saturated carbocycles. The van der Waals surface area contributed by atoms with Gasteiger partial charge in [-0.25, -0.2) is 14.4 Å². The van der Waals surface area contributed by atoms with Crippen molar-refractivity contribution in [2.24, 2.45) is 7.05 Å². The highest BCUT2D eigenvalue weighted by molar-refractivity contribution is 7.20. The summed E-state index contributed by atoms with van der Waals surface area (Å²) in [6, 6.07) is 7.64. The van der Waals surface area contributed by atoms with Gasteiger partial charge in [0.05, 0.1) is 4.88 Å². The molecule has 0 radical (unpaired) electrons. The summed E-state index contributed by atoms with van der Waals surface area (Å²) >= 11 is 1.39. The van der Waals surface area contributed by atoms with E-state index in [1.165, 1.54) is 23.5 Å². The van der Waals surface area contributed by atoms with E-state index in [4.69, 9.17) is 0 Å². The molecule has 0 bridgehead atoms. The lowest BCUT2D eigenvalue weighted by Gasteiger charge is -2.19. The molecule has 1 unspecified atom stereocenters. The van der Waals surface area contributed by atoms with Crippen LogP contribution < -0.4 is 5.32 Å². The fraction of sp³-hybridized carbons (Fsp3) is 0.227. The Morgan fingerprint density at radius 1 is 1.21 bits per heavy atom. The lowest BCUT2D eigenvalue weighted by molar-refractivity contribution is 0.0945. The molecule has 4 aromatic rings. The Kier molecular flexibility index (Phi) is 4.92. The van der Waals surface area contributed by atoms with E-state index in [-0.39, 0.29) is 11.7 Å². The van der Waals surface area contributed by atoms with Crippen molar-refractivity contribution < 1.29 is 9.18 Å². The summed E-state index contributed by atoms with van der Waals surface area (Å²) in [4.78, 5) is 23.7. The van der Waals surface area contributed by atoms with E-state index in [0.717, 1.165) is 32.6 Å². The number of hydrogen-bond donors (Lipinski definition) is 1. The Balaban J connectivity index is 1.75. The number of fused-ring (bicyclic) bond motifs is 1. The fourth-order valence-corrected chi connectivity index (χ4v) is 4.85. The summed E-state index contributed by atoms with van der Waals surface area (Å²) in [5, 5.41) is 4.11. The van der Waals surface area contributed by atoms with Gasteiger partial charge in [0.25, 0.3) is 5.91 Å². The summed E-state index contributed by atoms with van der Waals surface area (Å²) in [7, 11) is 1.87. The maximum atomic E-state index is 13.4. The van der Waals surface area contributed by atoms with Crippen LogP contribution >= 0.6 is 11.3 Å². The number of amides is 1. The highest BCUT2D eigenvalue weighted by Crippen LogP contribution is 2.33. The summed E-state index contributed by atoms with van der Waals surface area (Å²) < 4.78 is 15.3. The first kappa shape index (κ1) is 19.3. The predicted octanol–water partition coefficient (Wildman–Crippen LogP) is 4.61. The highest BCUT2D eigenvalue weighted by atomic mass is 32.1. The molecule has 0 aliphatic rings. The number of thiophene rings is 1. The van der Waals surface area contributed by atoms with Crippen molar-refractivity contribution in [2.75, 3.05) is 0 Å². The van der Waals surface area contributed by atoms with E-state index >= 15 is 0 Å². The lowest BCUT2D eigenvalue weighted by Crippen LogP contribution is -2.31. The van der Waals surface area contributed by atoms with E-state index in [0.29, 0.717) is 10.7 Å². The van der Waals surface area contributed by atoms with Crippen LogP contribution in [0.4, 0.5) is 4.39 Å². The van der Waals surface area contributed by atoms with Crippen molar-refractivity contribution in [1.29, 1.82) is 0 Å². The first-order valence-electron chi connectivity index (χ1n) is 9.26. The van der Waals surface area contributed by atoms with Crippen LogP contribution in [0, 0.1) is 26.6 Å². The summed E-state index contributed by atoms with van der Waals surface area (Å²) in [5.74, 6) is 0.157. The molecule has 0 spiro atoms. The summed E-state index contributed by atoms with van der Waals surface area (Å²) in [5.41, 5.74) is 3.73. The molecule has 1 amide bonds. The minimum absolute atomic E-state index is 0.195. The zero-order valence-corrected chi connectivity index (χ0v) is 17.5. The molecule has 4 rings (SSSR count). The average molecular weight is 409 g/mol. The molecule has 7 heteroatoms. The van der Waals surface area contributed by atoms with Crippen LogP contribution in [0.15, 0.2) is 42.7 Å². The third-order valence-electron chi connectivity index (χ3n) is 5.03. The third-order valence-corrected chi connectivity index (χ3v) is 6.21. The SMILES string of the molecule is Cc1cc(C)c2c(C)c(C(=O)NC(c3ccc(F)cc3)c3nccn3C)sc2n1. The number of rotatable bonds is 4. The van der Waals surface area contributed by atoms with Gasteiger partial charge in [0.2, 0.25) is 0 Å². The van der Waals surface area contributed by atoms with E-state index in [1.54, 1.807) is 18.3 Å². The average Bonchev–Trinajstić information content (AvgIpc) is 3.23. The zero-order chi connectivity index (χ0) is 20.7. The molecular formula is C22H21FN4OS. The zero-order valence-electron chi connectivity index (χ0n) is 16.7. The molecule has 1 atom stereocenters. The molecule has 3 aromatic heterocycles. The van der Waals surface area contributed by atoms with Crippen LogP contribution in [-0.4, -0.2) is 20.4 Å². The molecule has 3 heterocycles. The Labute approximate surface area is 172 Å². The maximum absolute atomic E-state index is 13.4. The molecular weight excluding hydrogens is 387 g/mol. The van der Waals surface area contributed by atoms with E-state index in [9.17, 15) is 9.18 Å². The van der Waals surface area contributed by atoms with Crippen LogP contribution in [0.1, 0.15) is 43.9 Å². The number of aromatic nitrogens is 3. The quantitative estimate of drug-likeness (QED) is 0.536. The second-order valence-corrected chi connectivity index (χ2v) is 8.17. The smallest absolute Gasteiger partial charge is 0.262 e. The van der Waals surface area contributed by atoms with Gasteiger partial charge in [-0.05, 0) is 55.7 Å². The van der Waals surface area contributed by atoms with Gasteiger partial charge in [-0.15, -0.1) is 11.3 Å². The number of nitrogens with one attached hydrogen (secondary N) is 1. The van der Waals surface area contributed by atoms with Gasteiger partial charge < -0.3 is 9.88 Å². The summed E-state index contributed by atoms with van der Waals surface area (Å²) in [6.07, 6.45) is 3.50. The largest absolute Gasteiger partial charge is 0.337 e. The minimum atomic E-state index is -0.497. The van der Waals surface area contributed by atoms with E-state index in [1.807, 2.05) is 44.6 Å². The predicted molar refractivity (Wildman–Crippen MR) is 113 cm³/mol. The van der Waals surface area contributed by atoms with Gasteiger partial charge in [-0.1, -0.05) is 12.1 Å². The van der Waals surface area contributed by atoms with Gasteiger partial charge >= 0.3 is 0 Å². The first-order valence-corrected chi connectivity index (χ1v) is 10.1. The fourth-order valence-electron chi connectivity index (χ4n) is 3.64. The number of carbonyl (C=O) groups excluding carboxylic acids is 1. The van der Waals surface area contributed by atoms with E-state index in [2.05, 4.69) is 15.3 Å². The van der Waals surface area contributed by atoms with Crippen molar-refractivity contribution in [1.82, 2.24) is 19.9 Å². The van der Waals surface area contributed by atoms with Gasteiger partial charge in [0, 0.05) is 30.5 Å². The molecule has 0 aliphatic carbocycles. The molecule has 5 nitrogen and oxygen atoms in total. The van der Waals surface area contributed by atoms with Crippen LogP contribution in [0.25, 0.3) is 10.2 Å². The molecule has 29 heavy (non-hydrogen) atoms. The van der Waals surface area contributed by atoms with Gasteiger partial charge in [0.15, 0.2) is 0 Å². The monoisotopic (exact) mass is 408 g/mol. The Bertz CT molecular complexity index is 1210. The molecule has 0 aliphatic heterocycles. The summed E-state index contributed by atoms with van der Waals surface area (Å²) in [6.45, 7) is 5.94. The normalized spacial score (nSPS) is 12.3. The Hall–Kier alpha value is -3.06. The molecule has 1 N–H and O–H groups in total. The number of halogens is 1. The van der Waals surface area contributed by atoms with Gasteiger partial charge in [-0.2, -0.15) is 0 Å². The molecule has 0 fully saturated rings. The molecule has 0 saturated heterocycles. The number of hydrogen-bond acceptors (Lipinski definition) is 4. The van der Waals surface area contributed by atoms with Crippen molar-refractivity contribution in [3.63, 3.8) is 0 Å². The van der Waals surface area contributed by atoms with Crippen molar-refractivity contribution in [2.45, 2.75) is 26.8 Å². The minimum Gasteiger partial charge on any atom is -0.337 e. The first-order chi connectivity index (χ1) is 13.8. The van der Waals surface area contributed by atoms with Crippen molar-refractivity contribution >= 4 is 27.5 Å². The number of carbonyl (C=O) groups is 1. The highest BCUT2D eigenvalue weighted by Gasteiger charge is 2.24. The van der Waals surface area contributed by atoms with E-state index < -0.39 is 6.04 Å². The Morgan fingerprint density at radius 2 is 1.93 bits per heavy atom. The number of aryl methyl sites for hydroxylation is 4. The molecule has 1 aromatic carbocycles. The standard InChI is InChI=1S/C22H21FN4OS/c1-12-11-13(2)25-22-17(12)14(3)19(29-22)21(28)26-18(20-24-9-10-27(20)4)15-5-7-16(23)8-6-15/h5-11,18H,1-4H3,(H,26,28). The number of imidazole rings is 1. The maximum Gasteiger partial charge on any atom is 0.262 e. The van der Waals surface area contributed by atoms with Crippen molar-refractivity contribution in [3.8, 4) is 0 Å². The Morgan fingerprint density at radius 3 is 2.59 bits per heavy atom. The molecule has 148 valence electrons. The number of pyridine rings is 1. The van der Waals surface area contributed by atoms with Gasteiger partial charge in [0.1, 0.15) is 22.5 Å². The van der Waals surface area contributed by atoms with Crippen LogP contribution in [0.2, 0.25) is 0 Å². The van der Waals surface area contributed by atoms with Crippen LogP contribution in [-0.2, 0) is 7.05 Å². The number of nitrogens with zero attached hydrogens (tertiary/aromatic N) is 3. The van der Waals surface area contributed by atoms with Crippen LogP contribution in [0.5, 0.6) is 0 Å². The van der Waals surface area contributed by atoms with Crippen molar-refractivity contribution in [3.05, 3.63) is 81.6 Å². The van der Waals surface area contributed by atoms with Crippen LogP contribution in [0.3, 0.4) is 0 Å². The second-order valence-electron chi connectivity index (χ2n) is 7.17. The topological polar surface area (TPSA) is 59.8 Å².